The van der Waals surface area contributed by atoms with E-state index in [0.29, 0.717) is 5.84 Å². The van der Waals surface area contributed by atoms with Crippen molar-refractivity contribution in [3.63, 3.8) is 0 Å². The monoisotopic (exact) mass is 323 g/mol. The van der Waals surface area contributed by atoms with Gasteiger partial charge >= 0.3 is 0 Å². The third-order valence-corrected chi connectivity index (χ3v) is 5.46. The van der Waals surface area contributed by atoms with E-state index < -0.39 is 0 Å². The minimum Gasteiger partial charge on any atom is -0.340 e. The van der Waals surface area contributed by atoms with Crippen LogP contribution in [-0.4, -0.2) is 28.2 Å². The van der Waals surface area contributed by atoms with Crippen LogP contribution in [0.3, 0.4) is 0 Å². The predicted octanol–water partition coefficient (Wildman–Crippen LogP) is 3.85. The largest absolute Gasteiger partial charge is 0.340 e. The van der Waals surface area contributed by atoms with Gasteiger partial charge in [0, 0.05) is 35.1 Å². The summed E-state index contributed by atoms with van der Waals surface area (Å²) in [5, 5.41) is 11.5. The fourth-order valence-electron chi connectivity index (χ4n) is 3.83. The van der Waals surface area contributed by atoms with Gasteiger partial charge in [0.1, 0.15) is 5.84 Å². The van der Waals surface area contributed by atoms with Gasteiger partial charge in [-0.15, -0.1) is 0 Å². The molecule has 0 aromatic heterocycles. The summed E-state index contributed by atoms with van der Waals surface area (Å²) in [6.45, 7) is 2.28. The van der Waals surface area contributed by atoms with E-state index in [1.165, 1.54) is 36.9 Å². The van der Waals surface area contributed by atoms with E-state index in [1.807, 2.05) is 18.2 Å². The molecule has 4 rings (SSSR count). The molecule has 0 amide bonds. The predicted molar refractivity (Wildman–Crippen MR) is 99.4 cm³/mol. The molecule has 1 unspecified atom stereocenters. The summed E-state index contributed by atoms with van der Waals surface area (Å²) in [4.78, 5) is 3.43. The van der Waals surface area contributed by atoms with E-state index in [1.54, 1.807) is 0 Å². The van der Waals surface area contributed by atoms with Crippen molar-refractivity contribution in [1.82, 2.24) is 4.90 Å². The standard InChI is InChI=1S/C19H21N3S/c20-19(17-5-1-2-6-18(17)23)21-15-8-7-13-11-16-4-3-9-22(16)12-14(13)10-15/h1-2,5,7-8,10,16H,3-4,6,9,11-12H2,(H2,20,21). The number of hydrogen-bond acceptors (Lipinski definition) is 3. The van der Waals surface area contributed by atoms with Gasteiger partial charge in [0.15, 0.2) is 0 Å². The zero-order valence-corrected chi connectivity index (χ0v) is 14.0. The van der Waals surface area contributed by atoms with Crippen molar-refractivity contribution in [3.8, 4) is 0 Å². The average molecular weight is 323 g/mol. The second-order valence-electron chi connectivity index (χ2n) is 6.59. The lowest BCUT2D eigenvalue weighted by molar-refractivity contribution is 0.227. The van der Waals surface area contributed by atoms with Gasteiger partial charge in [-0.1, -0.05) is 36.5 Å². The fraction of sp³-hybridized carbons (Fsp3) is 0.368. The number of hydrogen-bond donors (Lipinski definition) is 2. The van der Waals surface area contributed by atoms with E-state index in [0.717, 1.165) is 35.1 Å². The van der Waals surface area contributed by atoms with Gasteiger partial charge in [0.25, 0.3) is 0 Å². The van der Waals surface area contributed by atoms with Gasteiger partial charge in [0.05, 0.1) is 0 Å². The molecule has 1 aromatic rings. The molecule has 0 saturated carbocycles. The first kappa shape index (κ1) is 14.8. The van der Waals surface area contributed by atoms with Crippen LogP contribution in [0.5, 0.6) is 0 Å². The van der Waals surface area contributed by atoms with Crippen molar-refractivity contribution in [2.45, 2.75) is 38.3 Å². The first-order valence-electron chi connectivity index (χ1n) is 8.32. The highest BCUT2D eigenvalue weighted by Crippen LogP contribution is 2.31. The van der Waals surface area contributed by atoms with Crippen molar-refractivity contribution >= 4 is 28.6 Å². The Kier molecular flexibility index (Phi) is 3.87. The molecular formula is C19H21N3S. The van der Waals surface area contributed by atoms with Gasteiger partial charge in [-0.2, -0.15) is 0 Å². The van der Waals surface area contributed by atoms with Crippen molar-refractivity contribution in [3.05, 3.63) is 53.1 Å². The fourth-order valence-corrected chi connectivity index (χ4v) is 4.10. The molecule has 23 heavy (non-hydrogen) atoms. The summed E-state index contributed by atoms with van der Waals surface area (Å²) in [7, 11) is 0. The van der Waals surface area contributed by atoms with Crippen LogP contribution in [0.1, 0.15) is 30.4 Å². The SMILES string of the molecule is N=C(Nc1ccc2c(c1)CN1CCCC1C2)C1=CC=CCC1=S. The third-order valence-electron chi connectivity index (χ3n) is 5.08. The molecule has 1 saturated heterocycles. The lowest BCUT2D eigenvalue weighted by Gasteiger charge is -2.31. The van der Waals surface area contributed by atoms with Gasteiger partial charge in [-0.25, -0.2) is 0 Å². The average Bonchev–Trinajstić information content (AvgIpc) is 3.00. The Balaban J connectivity index is 1.52. The second-order valence-corrected chi connectivity index (χ2v) is 7.08. The number of anilines is 1. The smallest absolute Gasteiger partial charge is 0.131 e. The van der Waals surface area contributed by atoms with Crippen LogP contribution in [0.25, 0.3) is 0 Å². The van der Waals surface area contributed by atoms with Crippen molar-refractivity contribution in [1.29, 1.82) is 5.41 Å². The van der Waals surface area contributed by atoms with Gasteiger partial charge in [-0.3, -0.25) is 10.3 Å². The lowest BCUT2D eigenvalue weighted by Crippen LogP contribution is -2.35. The Morgan fingerprint density at radius 1 is 1.30 bits per heavy atom. The molecule has 3 nitrogen and oxygen atoms in total. The Morgan fingerprint density at radius 3 is 3.09 bits per heavy atom. The summed E-state index contributed by atoms with van der Waals surface area (Å²) < 4.78 is 0. The zero-order chi connectivity index (χ0) is 15.8. The maximum atomic E-state index is 8.30. The topological polar surface area (TPSA) is 39.1 Å². The third kappa shape index (κ3) is 2.89. The number of allylic oxidation sites excluding steroid dienone is 3. The maximum absolute atomic E-state index is 8.30. The molecule has 1 aliphatic carbocycles. The van der Waals surface area contributed by atoms with Crippen molar-refractivity contribution in [2.24, 2.45) is 0 Å². The number of nitrogens with one attached hydrogen (secondary N) is 2. The number of fused-ring (bicyclic) bond motifs is 2. The van der Waals surface area contributed by atoms with Crippen LogP contribution in [0.4, 0.5) is 5.69 Å². The minimum absolute atomic E-state index is 0.397. The van der Waals surface area contributed by atoms with Crippen LogP contribution in [-0.2, 0) is 13.0 Å². The number of benzene rings is 1. The van der Waals surface area contributed by atoms with E-state index in [-0.39, 0.29) is 0 Å². The van der Waals surface area contributed by atoms with Gasteiger partial charge in [0.2, 0.25) is 0 Å². The molecule has 2 heterocycles. The number of thiocarbonyl (C=S) groups is 1. The minimum atomic E-state index is 0.397. The van der Waals surface area contributed by atoms with E-state index in [2.05, 4.69) is 28.4 Å². The molecule has 118 valence electrons. The number of nitrogens with zero attached hydrogens (tertiary/aromatic N) is 1. The first-order chi connectivity index (χ1) is 11.2. The Hall–Kier alpha value is -1.78. The highest BCUT2D eigenvalue weighted by molar-refractivity contribution is 7.81. The van der Waals surface area contributed by atoms with Crippen molar-refractivity contribution in [2.75, 3.05) is 11.9 Å². The lowest BCUT2D eigenvalue weighted by atomic mass is 9.94. The van der Waals surface area contributed by atoms with Crippen LogP contribution in [0.15, 0.2) is 42.0 Å². The zero-order valence-electron chi connectivity index (χ0n) is 13.1. The molecular weight excluding hydrogens is 302 g/mol. The molecule has 1 aromatic carbocycles. The normalized spacial score (nSPS) is 23.2. The van der Waals surface area contributed by atoms with Crippen molar-refractivity contribution < 1.29 is 0 Å². The molecule has 0 bridgehead atoms. The molecule has 0 spiro atoms. The summed E-state index contributed by atoms with van der Waals surface area (Å²) in [5.74, 6) is 0.397. The molecule has 4 heteroatoms. The Bertz CT molecular complexity index is 732. The first-order valence-corrected chi connectivity index (χ1v) is 8.73. The van der Waals surface area contributed by atoms with Crippen LogP contribution in [0, 0.1) is 5.41 Å². The maximum Gasteiger partial charge on any atom is 0.131 e. The summed E-state index contributed by atoms with van der Waals surface area (Å²) >= 11 is 5.36. The highest BCUT2D eigenvalue weighted by atomic mass is 32.1. The summed E-state index contributed by atoms with van der Waals surface area (Å²) in [5.41, 5.74) is 4.70. The number of amidine groups is 1. The Morgan fingerprint density at radius 2 is 2.22 bits per heavy atom. The number of rotatable bonds is 2. The molecule has 2 aliphatic heterocycles. The molecule has 3 aliphatic rings. The molecule has 1 fully saturated rings. The Labute approximate surface area is 142 Å². The molecule has 1 atom stereocenters. The second kappa shape index (κ2) is 6.02. The van der Waals surface area contributed by atoms with Crippen LogP contribution >= 0.6 is 12.2 Å². The van der Waals surface area contributed by atoms with Crippen LogP contribution in [0.2, 0.25) is 0 Å². The van der Waals surface area contributed by atoms with Gasteiger partial charge < -0.3 is 5.32 Å². The molecule has 0 radical (unpaired) electrons. The van der Waals surface area contributed by atoms with E-state index in [4.69, 9.17) is 17.6 Å². The summed E-state index contributed by atoms with van der Waals surface area (Å²) in [6, 6.07) is 7.28. The summed E-state index contributed by atoms with van der Waals surface area (Å²) in [6.07, 6.45) is 10.5. The highest BCUT2D eigenvalue weighted by Gasteiger charge is 2.29. The quantitative estimate of drug-likeness (QED) is 0.493. The van der Waals surface area contributed by atoms with Gasteiger partial charge in [-0.05, 0) is 49.1 Å². The molecule has 2 N–H and O–H groups in total. The van der Waals surface area contributed by atoms with E-state index in [9.17, 15) is 0 Å². The van der Waals surface area contributed by atoms with Crippen LogP contribution < -0.4 is 5.32 Å². The van der Waals surface area contributed by atoms with E-state index >= 15 is 0 Å².